The fourth-order valence-electron chi connectivity index (χ4n) is 3.62. The molecule has 1 aromatic heterocycles. The molecular formula is C18H27BrN4O3. The van der Waals surface area contributed by atoms with Crippen LogP contribution >= 0.6 is 15.9 Å². The topological polar surface area (TPSA) is 67.7 Å². The maximum absolute atomic E-state index is 12.4. The van der Waals surface area contributed by atoms with E-state index in [2.05, 4.69) is 20.6 Å². The Morgan fingerprint density at radius 1 is 1.15 bits per heavy atom. The van der Waals surface area contributed by atoms with E-state index in [0.717, 1.165) is 42.5 Å². The van der Waals surface area contributed by atoms with E-state index in [1.54, 1.807) is 11.8 Å². The van der Waals surface area contributed by atoms with Gasteiger partial charge in [0.1, 0.15) is 10.2 Å². The molecule has 0 aliphatic carbocycles. The predicted octanol–water partition coefficient (Wildman–Crippen LogP) is 3.12. The van der Waals surface area contributed by atoms with Crippen LogP contribution in [0.4, 0.5) is 4.79 Å². The van der Waals surface area contributed by atoms with Gasteiger partial charge in [-0.3, -0.25) is 9.48 Å². The van der Waals surface area contributed by atoms with Crippen molar-refractivity contribution in [2.75, 3.05) is 19.6 Å². The molecular weight excluding hydrogens is 400 g/mol. The second-order valence-corrected chi connectivity index (χ2v) is 8.80. The number of nitrogens with zero attached hydrogens (tertiary/aromatic N) is 4. The number of piperidine rings is 1. The van der Waals surface area contributed by atoms with E-state index in [1.165, 1.54) is 5.69 Å². The maximum Gasteiger partial charge on any atom is 0.410 e. The molecule has 0 N–H and O–H groups in total. The van der Waals surface area contributed by atoms with Crippen molar-refractivity contribution in [3.05, 3.63) is 15.9 Å². The van der Waals surface area contributed by atoms with Crippen LogP contribution in [0.3, 0.4) is 0 Å². The Balaban J connectivity index is 1.72. The fraction of sp³-hybridized carbons (Fsp3) is 0.722. The van der Waals surface area contributed by atoms with E-state index >= 15 is 0 Å². The fourth-order valence-corrected chi connectivity index (χ4v) is 4.14. The summed E-state index contributed by atoms with van der Waals surface area (Å²) in [5.74, 6) is 0.139. The number of hydrogen-bond donors (Lipinski definition) is 0. The molecule has 1 saturated heterocycles. The van der Waals surface area contributed by atoms with Crippen molar-refractivity contribution in [2.45, 2.75) is 65.1 Å². The number of carbonyl (C=O) groups excluding carboxylic acids is 2. The van der Waals surface area contributed by atoms with Gasteiger partial charge in [0.15, 0.2) is 0 Å². The molecule has 0 atom stereocenters. The zero-order chi connectivity index (χ0) is 19.1. The second-order valence-electron chi connectivity index (χ2n) is 8.05. The third-order valence-corrected chi connectivity index (χ3v) is 5.58. The van der Waals surface area contributed by atoms with Crippen molar-refractivity contribution in [3.8, 4) is 0 Å². The molecule has 1 fully saturated rings. The van der Waals surface area contributed by atoms with Crippen LogP contribution < -0.4 is 0 Å². The van der Waals surface area contributed by atoms with E-state index < -0.39 is 5.60 Å². The van der Waals surface area contributed by atoms with Gasteiger partial charge >= 0.3 is 6.09 Å². The number of likely N-dealkylation sites (tertiary alicyclic amines) is 1. The van der Waals surface area contributed by atoms with Gasteiger partial charge in [0.05, 0.1) is 12.6 Å². The smallest absolute Gasteiger partial charge is 0.410 e. The molecule has 1 aromatic rings. The molecule has 26 heavy (non-hydrogen) atoms. The molecule has 0 bridgehead atoms. The van der Waals surface area contributed by atoms with Crippen LogP contribution in [-0.2, 0) is 22.5 Å². The molecule has 8 heteroatoms. The highest BCUT2D eigenvalue weighted by Crippen LogP contribution is 2.32. The summed E-state index contributed by atoms with van der Waals surface area (Å²) < 4.78 is 8.41. The summed E-state index contributed by atoms with van der Waals surface area (Å²) in [5, 5.41) is 4.71. The van der Waals surface area contributed by atoms with Crippen LogP contribution in [0.1, 0.15) is 57.8 Å². The molecule has 0 spiro atoms. The number of halogens is 1. The summed E-state index contributed by atoms with van der Waals surface area (Å²) >= 11 is 3.57. The second kappa shape index (κ2) is 7.21. The first-order valence-corrected chi connectivity index (χ1v) is 9.94. The van der Waals surface area contributed by atoms with Crippen LogP contribution in [0.25, 0.3) is 0 Å². The number of carbonyl (C=O) groups is 2. The van der Waals surface area contributed by atoms with Gasteiger partial charge in [-0.15, -0.1) is 0 Å². The first kappa shape index (κ1) is 19.2. The highest BCUT2D eigenvalue weighted by molar-refractivity contribution is 9.10. The number of hydrogen-bond acceptors (Lipinski definition) is 4. The normalized spacial score (nSPS) is 18.7. The Bertz CT molecular complexity index is 702. The lowest BCUT2D eigenvalue weighted by Gasteiger charge is -2.34. The van der Waals surface area contributed by atoms with Crippen LogP contribution in [-0.4, -0.2) is 56.8 Å². The van der Waals surface area contributed by atoms with Gasteiger partial charge in [0, 0.05) is 44.2 Å². The van der Waals surface area contributed by atoms with Gasteiger partial charge < -0.3 is 14.5 Å². The molecule has 2 amide bonds. The first-order valence-electron chi connectivity index (χ1n) is 9.15. The summed E-state index contributed by atoms with van der Waals surface area (Å²) in [6.45, 7) is 9.94. The van der Waals surface area contributed by atoms with Gasteiger partial charge in [0.2, 0.25) is 5.91 Å². The van der Waals surface area contributed by atoms with Crippen LogP contribution in [0.5, 0.6) is 0 Å². The largest absolute Gasteiger partial charge is 0.444 e. The van der Waals surface area contributed by atoms with Crippen molar-refractivity contribution in [1.82, 2.24) is 19.6 Å². The molecule has 2 aliphatic heterocycles. The summed E-state index contributed by atoms with van der Waals surface area (Å²) in [6, 6.07) is 0.304. The molecule has 7 nitrogen and oxygen atoms in total. The van der Waals surface area contributed by atoms with E-state index in [0.29, 0.717) is 19.1 Å². The van der Waals surface area contributed by atoms with Crippen molar-refractivity contribution < 1.29 is 14.3 Å². The van der Waals surface area contributed by atoms with Crippen molar-refractivity contribution in [2.24, 2.45) is 0 Å². The Hall–Kier alpha value is -1.57. The van der Waals surface area contributed by atoms with Crippen molar-refractivity contribution in [3.63, 3.8) is 0 Å². The molecule has 144 valence electrons. The standard InChI is InChI=1S/C18H27BrN4O3/c1-12(24)21-8-5-13(6-9-21)23-15-7-10-22(11-14(15)16(19)20-23)17(25)26-18(2,3)4/h13H,5-11H2,1-4H3. The minimum absolute atomic E-state index is 0.139. The molecule has 0 aromatic carbocycles. The van der Waals surface area contributed by atoms with Gasteiger partial charge in [-0.1, -0.05) is 0 Å². The Labute approximate surface area is 162 Å². The molecule has 2 aliphatic rings. The van der Waals surface area contributed by atoms with Crippen LogP contribution in [0.15, 0.2) is 4.60 Å². The summed E-state index contributed by atoms with van der Waals surface area (Å²) in [4.78, 5) is 27.5. The summed E-state index contributed by atoms with van der Waals surface area (Å²) in [5.41, 5.74) is 1.76. The Kier molecular flexibility index (Phi) is 5.33. The zero-order valence-corrected chi connectivity index (χ0v) is 17.5. The molecule has 0 radical (unpaired) electrons. The van der Waals surface area contributed by atoms with Crippen molar-refractivity contribution in [1.29, 1.82) is 0 Å². The number of rotatable bonds is 1. The highest BCUT2D eigenvalue weighted by Gasteiger charge is 2.32. The monoisotopic (exact) mass is 426 g/mol. The lowest BCUT2D eigenvalue weighted by atomic mass is 10.0. The first-order chi connectivity index (χ1) is 12.2. The lowest BCUT2D eigenvalue weighted by Crippen LogP contribution is -2.41. The summed E-state index contributed by atoms with van der Waals surface area (Å²) in [7, 11) is 0. The minimum Gasteiger partial charge on any atom is -0.444 e. The summed E-state index contributed by atoms with van der Waals surface area (Å²) in [6.07, 6.45) is 2.31. The Morgan fingerprint density at radius 2 is 1.81 bits per heavy atom. The Morgan fingerprint density at radius 3 is 2.38 bits per heavy atom. The lowest BCUT2D eigenvalue weighted by molar-refractivity contribution is -0.130. The van der Waals surface area contributed by atoms with E-state index in [4.69, 9.17) is 9.84 Å². The quantitative estimate of drug-likeness (QED) is 0.691. The number of amides is 2. The third kappa shape index (κ3) is 4.05. The van der Waals surface area contributed by atoms with E-state index in [1.807, 2.05) is 25.7 Å². The van der Waals surface area contributed by atoms with Gasteiger partial charge in [-0.25, -0.2) is 4.79 Å². The maximum atomic E-state index is 12.4. The van der Waals surface area contributed by atoms with Crippen LogP contribution in [0.2, 0.25) is 0 Å². The zero-order valence-electron chi connectivity index (χ0n) is 15.9. The third-order valence-electron chi connectivity index (χ3n) is 4.94. The van der Waals surface area contributed by atoms with E-state index in [9.17, 15) is 9.59 Å². The molecule has 3 heterocycles. The van der Waals surface area contributed by atoms with Gasteiger partial charge in [-0.05, 0) is 49.5 Å². The van der Waals surface area contributed by atoms with Gasteiger partial charge in [0.25, 0.3) is 0 Å². The van der Waals surface area contributed by atoms with E-state index in [-0.39, 0.29) is 12.0 Å². The van der Waals surface area contributed by atoms with Crippen molar-refractivity contribution >= 4 is 27.9 Å². The average molecular weight is 427 g/mol. The van der Waals surface area contributed by atoms with Crippen LogP contribution in [0, 0.1) is 0 Å². The molecule has 0 unspecified atom stereocenters. The molecule has 3 rings (SSSR count). The minimum atomic E-state index is -0.497. The number of aromatic nitrogens is 2. The molecule has 0 saturated carbocycles. The predicted molar refractivity (Wildman–Crippen MR) is 101 cm³/mol. The van der Waals surface area contributed by atoms with Gasteiger partial charge in [-0.2, -0.15) is 5.10 Å². The SMILES string of the molecule is CC(=O)N1CCC(n2nc(Br)c3c2CCN(C(=O)OC(C)(C)C)C3)CC1. The average Bonchev–Trinajstić information content (AvgIpc) is 2.90. The highest BCUT2D eigenvalue weighted by atomic mass is 79.9. The number of fused-ring (bicyclic) bond motifs is 1. The number of ether oxygens (including phenoxy) is 1.